The number of carbonyl (C=O) groups is 2. The number of rotatable bonds is 9. The van der Waals surface area contributed by atoms with Crippen molar-refractivity contribution in [1.29, 1.82) is 5.26 Å². The van der Waals surface area contributed by atoms with Gasteiger partial charge in [0.2, 0.25) is 5.91 Å². The molecule has 0 fully saturated rings. The van der Waals surface area contributed by atoms with Crippen LogP contribution in [0.1, 0.15) is 39.7 Å². The first kappa shape index (κ1) is 26.9. The molecule has 3 heterocycles. The Balaban J connectivity index is 1.43. The number of benzene rings is 1. The number of thioether (sulfide) groups is 1. The molecule has 0 unspecified atom stereocenters. The van der Waals surface area contributed by atoms with Crippen LogP contribution in [0, 0.1) is 11.3 Å². The third-order valence-corrected chi connectivity index (χ3v) is 9.34. The lowest BCUT2D eigenvalue weighted by atomic mass is 10.0. The predicted octanol–water partition coefficient (Wildman–Crippen LogP) is 6.82. The summed E-state index contributed by atoms with van der Waals surface area (Å²) >= 11 is 4.21. The van der Waals surface area contributed by atoms with Crippen LogP contribution in [0.25, 0.3) is 21.7 Å². The first-order valence-corrected chi connectivity index (χ1v) is 15.1. The highest BCUT2D eigenvalue weighted by Gasteiger charge is 2.28. The van der Waals surface area contributed by atoms with Crippen LogP contribution in [0.4, 0.5) is 5.00 Å². The fourth-order valence-electron chi connectivity index (χ4n) is 4.49. The van der Waals surface area contributed by atoms with Crippen LogP contribution in [-0.2, 0) is 22.4 Å². The Hall–Kier alpha value is -3.65. The highest BCUT2D eigenvalue weighted by atomic mass is 32.2. The van der Waals surface area contributed by atoms with Gasteiger partial charge in [-0.05, 0) is 67.0 Å². The van der Waals surface area contributed by atoms with Gasteiger partial charge in [-0.1, -0.05) is 30.0 Å². The lowest BCUT2D eigenvalue weighted by molar-refractivity contribution is -0.113. The fraction of sp³-hybridized carbons (Fsp3) is 0.241. The molecule has 1 amide bonds. The Labute approximate surface area is 238 Å². The fourth-order valence-corrected chi connectivity index (χ4v) is 7.27. The number of hydrogen-bond donors (Lipinski definition) is 1. The summed E-state index contributed by atoms with van der Waals surface area (Å²) < 4.78 is 10.6. The Morgan fingerprint density at radius 1 is 1.21 bits per heavy atom. The largest absolute Gasteiger partial charge is 0.497 e. The van der Waals surface area contributed by atoms with E-state index in [1.165, 1.54) is 23.1 Å². The number of nitrogens with zero attached hydrogens (tertiary/aromatic N) is 2. The molecule has 1 N–H and O–H groups in total. The molecular weight excluding hydrogens is 551 g/mol. The Kier molecular flexibility index (Phi) is 8.31. The number of amides is 1. The Morgan fingerprint density at radius 3 is 2.72 bits per heavy atom. The maximum atomic E-state index is 13.1. The number of carbonyl (C=O) groups excluding carboxylic acids is 2. The highest BCUT2D eigenvalue weighted by molar-refractivity contribution is 8.00. The van der Waals surface area contributed by atoms with E-state index >= 15 is 0 Å². The molecule has 39 heavy (non-hydrogen) atoms. The zero-order valence-electron chi connectivity index (χ0n) is 21.4. The first-order chi connectivity index (χ1) is 19.0. The van der Waals surface area contributed by atoms with Crippen molar-refractivity contribution in [1.82, 2.24) is 4.98 Å². The third-order valence-electron chi connectivity index (χ3n) is 6.27. The second kappa shape index (κ2) is 12.0. The van der Waals surface area contributed by atoms with Crippen LogP contribution >= 0.6 is 34.4 Å². The summed E-state index contributed by atoms with van der Waals surface area (Å²) in [4.78, 5) is 32.6. The minimum absolute atomic E-state index is 0.0302. The normalized spacial score (nSPS) is 12.0. The number of nitriles is 1. The van der Waals surface area contributed by atoms with Crippen LogP contribution in [0.5, 0.6) is 5.75 Å². The van der Waals surface area contributed by atoms with E-state index in [4.69, 9.17) is 14.5 Å². The van der Waals surface area contributed by atoms with Gasteiger partial charge in [0.15, 0.2) is 0 Å². The van der Waals surface area contributed by atoms with Crippen molar-refractivity contribution in [3.05, 3.63) is 69.4 Å². The lowest BCUT2D eigenvalue weighted by Crippen LogP contribution is -2.17. The number of aryl methyl sites for hydroxylation is 1. The molecule has 198 valence electrons. The van der Waals surface area contributed by atoms with Gasteiger partial charge in [0.25, 0.3) is 0 Å². The zero-order valence-corrected chi connectivity index (χ0v) is 23.9. The topological polar surface area (TPSA) is 101 Å². The van der Waals surface area contributed by atoms with E-state index in [1.807, 2.05) is 47.8 Å². The molecule has 0 radical (unpaired) electrons. The van der Waals surface area contributed by atoms with Crippen LogP contribution in [0.3, 0.4) is 0 Å². The number of anilines is 1. The first-order valence-electron chi connectivity index (χ1n) is 12.4. The van der Waals surface area contributed by atoms with Crippen molar-refractivity contribution in [3.63, 3.8) is 0 Å². The number of hydrogen-bond acceptors (Lipinski definition) is 9. The maximum Gasteiger partial charge on any atom is 0.341 e. The van der Waals surface area contributed by atoms with Gasteiger partial charge in [-0.15, -0.1) is 22.7 Å². The van der Waals surface area contributed by atoms with E-state index < -0.39 is 5.97 Å². The van der Waals surface area contributed by atoms with E-state index in [2.05, 4.69) is 11.4 Å². The van der Waals surface area contributed by atoms with Crippen LogP contribution in [-0.4, -0.2) is 36.3 Å². The molecule has 0 saturated heterocycles. The second-order valence-electron chi connectivity index (χ2n) is 8.67. The Bertz CT molecular complexity index is 1550. The van der Waals surface area contributed by atoms with E-state index in [1.54, 1.807) is 25.4 Å². The number of thiophene rings is 2. The summed E-state index contributed by atoms with van der Waals surface area (Å²) in [6, 6.07) is 15.6. The van der Waals surface area contributed by atoms with Gasteiger partial charge in [-0.2, -0.15) is 5.26 Å². The van der Waals surface area contributed by atoms with Crippen LogP contribution < -0.4 is 10.1 Å². The van der Waals surface area contributed by atoms with Gasteiger partial charge in [0.05, 0.1) is 41.2 Å². The molecule has 3 aromatic heterocycles. The SMILES string of the molecule is CCOC(=O)c1c(NC(=O)CSc2nc(-c3cccs3)cc(-c3ccc(OC)cc3)c2C#N)sc2c1CCC2. The van der Waals surface area contributed by atoms with Crippen LogP contribution in [0.2, 0.25) is 0 Å². The molecule has 0 saturated carbocycles. The maximum absolute atomic E-state index is 13.1. The minimum atomic E-state index is -0.402. The molecule has 4 aromatic rings. The Morgan fingerprint density at radius 2 is 2.03 bits per heavy atom. The molecular formula is C29H25N3O4S3. The molecule has 7 nitrogen and oxygen atoms in total. The van der Waals surface area contributed by atoms with Crippen LogP contribution in [0.15, 0.2) is 52.9 Å². The summed E-state index contributed by atoms with van der Waals surface area (Å²) in [5.74, 6) is 0.0743. The van der Waals surface area contributed by atoms with E-state index in [-0.39, 0.29) is 18.3 Å². The van der Waals surface area contributed by atoms with E-state index in [0.29, 0.717) is 21.2 Å². The van der Waals surface area contributed by atoms with Crippen molar-refractivity contribution >= 4 is 51.3 Å². The average molecular weight is 576 g/mol. The number of esters is 1. The summed E-state index contributed by atoms with van der Waals surface area (Å²) in [6.07, 6.45) is 2.71. The monoisotopic (exact) mass is 575 g/mol. The van der Waals surface area contributed by atoms with Gasteiger partial charge < -0.3 is 14.8 Å². The number of fused-ring (bicyclic) bond motifs is 1. The summed E-state index contributed by atoms with van der Waals surface area (Å²) in [5.41, 5.74) is 4.19. The molecule has 10 heteroatoms. The van der Waals surface area contributed by atoms with Crippen molar-refractivity contribution in [2.45, 2.75) is 31.2 Å². The molecule has 0 bridgehead atoms. The summed E-state index contributed by atoms with van der Waals surface area (Å²) in [7, 11) is 1.61. The average Bonchev–Trinajstić information content (AvgIpc) is 3.70. The van der Waals surface area contributed by atoms with Crippen molar-refractivity contribution < 1.29 is 19.1 Å². The standard InChI is InChI=1S/C29H25N3O4S3/c1-3-36-29(34)26-19-6-4-7-23(19)39-28(26)32-25(33)16-38-27-21(15-30)20(17-9-11-18(35-2)12-10-17)14-22(31-27)24-8-5-13-37-24/h5,8-14H,3-4,6-7,16H2,1-2H3,(H,32,33). The summed E-state index contributed by atoms with van der Waals surface area (Å²) in [5, 5.41) is 16.0. The van der Waals surface area contributed by atoms with Gasteiger partial charge in [-0.25, -0.2) is 9.78 Å². The molecule has 0 atom stereocenters. The number of nitrogens with one attached hydrogen (secondary N) is 1. The number of aromatic nitrogens is 1. The van der Waals surface area contributed by atoms with Gasteiger partial charge in [0.1, 0.15) is 21.8 Å². The van der Waals surface area contributed by atoms with Gasteiger partial charge >= 0.3 is 5.97 Å². The number of methoxy groups -OCH3 is 1. The van der Waals surface area contributed by atoms with Crippen molar-refractivity contribution in [2.75, 3.05) is 24.8 Å². The van der Waals surface area contributed by atoms with Gasteiger partial charge in [-0.3, -0.25) is 4.79 Å². The second-order valence-corrected chi connectivity index (χ2v) is 11.7. The predicted molar refractivity (Wildman–Crippen MR) is 156 cm³/mol. The van der Waals surface area contributed by atoms with Crippen molar-refractivity contribution in [2.24, 2.45) is 0 Å². The highest BCUT2D eigenvalue weighted by Crippen LogP contribution is 2.40. The smallest absolute Gasteiger partial charge is 0.341 e. The molecule has 1 aliphatic rings. The lowest BCUT2D eigenvalue weighted by Gasteiger charge is -2.12. The van der Waals surface area contributed by atoms with E-state index in [0.717, 1.165) is 57.2 Å². The number of ether oxygens (including phenoxy) is 2. The molecule has 1 aromatic carbocycles. The van der Waals surface area contributed by atoms with E-state index in [9.17, 15) is 14.9 Å². The zero-order chi connectivity index (χ0) is 27.4. The molecule has 1 aliphatic carbocycles. The van der Waals surface area contributed by atoms with Crippen molar-refractivity contribution in [3.8, 4) is 33.5 Å². The quantitative estimate of drug-likeness (QED) is 0.173. The minimum Gasteiger partial charge on any atom is -0.497 e. The molecule has 5 rings (SSSR count). The molecule has 0 aliphatic heterocycles. The number of pyridine rings is 1. The van der Waals surface area contributed by atoms with Gasteiger partial charge in [0, 0.05) is 10.4 Å². The third kappa shape index (κ3) is 5.71. The molecule has 0 spiro atoms. The summed E-state index contributed by atoms with van der Waals surface area (Å²) in [6.45, 7) is 2.04.